The first-order valence-corrected chi connectivity index (χ1v) is 9.82. The SMILES string of the molecule is Cc1cccc(-n2nc3nc(N4CCOCC4)nc(-c4cccc(F)c4)c3c2N)c1. The normalized spacial score (nSPS) is 14.4. The van der Waals surface area contributed by atoms with Crippen molar-refractivity contribution in [1.82, 2.24) is 19.7 Å². The second-order valence-corrected chi connectivity index (χ2v) is 7.32. The molecule has 1 saturated heterocycles. The molecule has 30 heavy (non-hydrogen) atoms. The highest BCUT2D eigenvalue weighted by molar-refractivity contribution is 5.99. The number of aryl methyl sites for hydroxylation is 1. The fourth-order valence-corrected chi connectivity index (χ4v) is 3.71. The van der Waals surface area contributed by atoms with Gasteiger partial charge in [-0.2, -0.15) is 4.98 Å². The predicted molar refractivity (Wildman–Crippen MR) is 114 cm³/mol. The molecule has 2 aromatic carbocycles. The number of nitrogen functional groups attached to an aromatic ring is 1. The summed E-state index contributed by atoms with van der Waals surface area (Å²) in [6.07, 6.45) is 0. The molecule has 8 heteroatoms. The lowest BCUT2D eigenvalue weighted by Gasteiger charge is -2.27. The number of fused-ring (bicyclic) bond motifs is 1. The van der Waals surface area contributed by atoms with E-state index < -0.39 is 0 Å². The Morgan fingerprint density at radius 1 is 1.03 bits per heavy atom. The molecule has 0 unspecified atom stereocenters. The second-order valence-electron chi connectivity index (χ2n) is 7.32. The van der Waals surface area contributed by atoms with Crippen LogP contribution >= 0.6 is 0 Å². The summed E-state index contributed by atoms with van der Waals surface area (Å²) in [4.78, 5) is 11.5. The van der Waals surface area contributed by atoms with E-state index in [2.05, 4.69) is 5.10 Å². The van der Waals surface area contributed by atoms with E-state index in [-0.39, 0.29) is 5.82 Å². The topological polar surface area (TPSA) is 82.1 Å². The second kappa shape index (κ2) is 7.38. The Labute approximate surface area is 172 Å². The molecule has 0 aliphatic carbocycles. The minimum atomic E-state index is -0.336. The molecule has 2 N–H and O–H groups in total. The number of nitrogens with zero attached hydrogens (tertiary/aromatic N) is 5. The summed E-state index contributed by atoms with van der Waals surface area (Å²) >= 11 is 0. The molecule has 0 saturated carbocycles. The fraction of sp³-hybridized carbons (Fsp3) is 0.227. The molecule has 3 heterocycles. The molecule has 0 spiro atoms. The third-order valence-corrected chi connectivity index (χ3v) is 5.20. The quantitative estimate of drug-likeness (QED) is 0.564. The Balaban J connectivity index is 1.76. The summed E-state index contributed by atoms with van der Waals surface area (Å²) in [6, 6.07) is 14.2. The lowest BCUT2D eigenvalue weighted by molar-refractivity contribution is 0.122. The number of aromatic nitrogens is 4. The molecule has 0 radical (unpaired) electrons. The van der Waals surface area contributed by atoms with Gasteiger partial charge >= 0.3 is 0 Å². The molecule has 2 aromatic heterocycles. The first-order valence-electron chi connectivity index (χ1n) is 9.82. The van der Waals surface area contributed by atoms with E-state index in [0.29, 0.717) is 60.4 Å². The Morgan fingerprint density at radius 3 is 2.60 bits per heavy atom. The number of hydrogen-bond acceptors (Lipinski definition) is 6. The van der Waals surface area contributed by atoms with Gasteiger partial charge in [0, 0.05) is 18.7 Å². The maximum absolute atomic E-state index is 14.0. The van der Waals surface area contributed by atoms with Gasteiger partial charge in [0.25, 0.3) is 0 Å². The van der Waals surface area contributed by atoms with E-state index in [9.17, 15) is 4.39 Å². The number of hydrogen-bond donors (Lipinski definition) is 1. The largest absolute Gasteiger partial charge is 0.383 e. The molecule has 7 nitrogen and oxygen atoms in total. The monoisotopic (exact) mass is 404 g/mol. The average Bonchev–Trinajstić information content (AvgIpc) is 3.10. The van der Waals surface area contributed by atoms with Gasteiger partial charge in [0.2, 0.25) is 5.95 Å². The molecule has 0 atom stereocenters. The van der Waals surface area contributed by atoms with Gasteiger partial charge in [-0.25, -0.2) is 14.1 Å². The van der Waals surface area contributed by atoms with Crippen LogP contribution in [0.15, 0.2) is 48.5 Å². The average molecular weight is 404 g/mol. The number of benzene rings is 2. The smallest absolute Gasteiger partial charge is 0.228 e. The minimum absolute atomic E-state index is 0.336. The van der Waals surface area contributed by atoms with Gasteiger partial charge in [-0.05, 0) is 36.8 Å². The Morgan fingerprint density at radius 2 is 1.83 bits per heavy atom. The maximum Gasteiger partial charge on any atom is 0.228 e. The third-order valence-electron chi connectivity index (χ3n) is 5.20. The zero-order valence-electron chi connectivity index (χ0n) is 16.5. The number of ether oxygens (including phenoxy) is 1. The van der Waals surface area contributed by atoms with Crippen LogP contribution in [0.25, 0.3) is 28.0 Å². The maximum atomic E-state index is 14.0. The number of morpholine rings is 1. The van der Waals surface area contributed by atoms with Crippen LogP contribution in [0.3, 0.4) is 0 Å². The van der Waals surface area contributed by atoms with E-state index in [1.165, 1.54) is 12.1 Å². The summed E-state index contributed by atoms with van der Waals surface area (Å²) < 4.78 is 21.1. The minimum Gasteiger partial charge on any atom is -0.383 e. The van der Waals surface area contributed by atoms with Crippen LogP contribution in [0.1, 0.15) is 5.56 Å². The summed E-state index contributed by atoms with van der Waals surface area (Å²) in [5, 5.41) is 5.29. The number of nitrogens with two attached hydrogens (primary N) is 1. The van der Waals surface area contributed by atoms with Crippen LogP contribution in [-0.2, 0) is 4.74 Å². The van der Waals surface area contributed by atoms with Crippen molar-refractivity contribution >= 4 is 22.8 Å². The van der Waals surface area contributed by atoms with Crippen molar-refractivity contribution in [1.29, 1.82) is 0 Å². The molecule has 5 rings (SSSR count). The highest BCUT2D eigenvalue weighted by Gasteiger charge is 2.22. The first-order chi connectivity index (χ1) is 14.6. The van der Waals surface area contributed by atoms with Crippen LogP contribution in [0.4, 0.5) is 16.2 Å². The molecule has 152 valence electrons. The standard InChI is InChI=1S/C22H21FN6O/c1-14-4-2-7-17(12-14)29-20(24)18-19(15-5-3-6-16(23)13-15)25-22(26-21(18)27-29)28-8-10-30-11-9-28/h2-7,12-13H,8-11,24H2,1H3. The van der Waals surface area contributed by atoms with Crippen LogP contribution in [-0.4, -0.2) is 46.1 Å². The highest BCUT2D eigenvalue weighted by Crippen LogP contribution is 2.33. The molecule has 1 aliphatic heterocycles. The van der Waals surface area contributed by atoms with E-state index in [4.69, 9.17) is 20.4 Å². The van der Waals surface area contributed by atoms with Crippen molar-refractivity contribution < 1.29 is 9.13 Å². The highest BCUT2D eigenvalue weighted by atomic mass is 19.1. The van der Waals surface area contributed by atoms with Crippen LogP contribution in [0.2, 0.25) is 0 Å². The number of rotatable bonds is 3. The summed E-state index contributed by atoms with van der Waals surface area (Å²) in [5.74, 6) is 0.624. The van der Waals surface area contributed by atoms with Crippen molar-refractivity contribution in [3.05, 3.63) is 59.9 Å². The van der Waals surface area contributed by atoms with Gasteiger partial charge in [-0.15, -0.1) is 5.10 Å². The lowest BCUT2D eigenvalue weighted by atomic mass is 10.1. The van der Waals surface area contributed by atoms with Crippen molar-refractivity contribution in [3.8, 4) is 16.9 Å². The van der Waals surface area contributed by atoms with Crippen molar-refractivity contribution in [3.63, 3.8) is 0 Å². The number of halogens is 1. The van der Waals surface area contributed by atoms with Crippen molar-refractivity contribution in [2.45, 2.75) is 6.92 Å². The zero-order chi connectivity index (χ0) is 20.7. The predicted octanol–water partition coefficient (Wildman–Crippen LogP) is 3.35. The van der Waals surface area contributed by atoms with Gasteiger partial charge in [-0.3, -0.25) is 0 Å². The van der Waals surface area contributed by atoms with E-state index in [1.807, 2.05) is 42.2 Å². The molecule has 0 bridgehead atoms. The van der Waals surface area contributed by atoms with E-state index in [0.717, 1.165) is 11.3 Å². The Hall–Kier alpha value is -3.52. The van der Waals surface area contributed by atoms with E-state index in [1.54, 1.807) is 10.7 Å². The summed E-state index contributed by atoms with van der Waals surface area (Å²) in [7, 11) is 0. The van der Waals surface area contributed by atoms with Gasteiger partial charge in [0.05, 0.1) is 30.0 Å². The zero-order valence-corrected chi connectivity index (χ0v) is 16.5. The Bertz CT molecular complexity index is 1230. The van der Waals surface area contributed by atoms with Crippen molar-refractivity contribution in [2.24, 2.45) is 0 Å². The van der Waals surface area contributed by atoms with Gasteiger partial charge in [-0.1, -0.05) is 24.3 Å². The van der Waals surface area contributed by atoms with Gasteiger partial charge in [0.15, 0.2) is 5.65 Å². The van der Waals surface area contributed by atoms with E-state index >= 15 is 0 Å². The molecule has 1 aliphatic rings. The summed E-state index contributed by atoms with van der Waals surface area (Å²) in [6.45, 7) is 4.59. The van der Waals surface area contributed by atoms with Gasteiger partial charge < -0.3 is 15.4 Å². The number of anilines is 2. The third kappa shape index (κ3) is 3.25. The summed E-state index contributed by atoms with van der Waals surface area (Å²) in [5.41, 5.74) is 10.1. The van der Waals surface area contributed by atoms with Crippen molar-refractivity contribution in [2.75, 3.05) is 36.9 Å². The van der Waals surface area contributed by atoms with Crippen LogP contribution in [0.5, 0.6) is 0 Å². The van der Waals surface area contributed by atoms with Gasteiger partial charge in [0.1, 0.15) is 11.6 Å². The molecule has 0 amide bonds. The fourth-order valence-electron chi connectivity index (χ4n) is 3.71. The molecule has 1 fully saturated rings. The van der Waals surface area contributed by atoms with Crippen LogP contribution < -0.4 is 10.6 Å². The molecular weight excluding hydrogens is 383 g/mol. The molecular formula is C22H21FN6O. The Kier molecular flexibility index (Phi) is 4.55. The van der Waals surface area contributed by atoms with Crippen LogP contribution in [0, 0.1) is 12.7 Å². The molecule has 4 aromatic rings. The first kappa shape index (κ1) is 18.5. The lowest BCUT2D eigenvalue weighted by Crippen LogP contribution is -2.37.